The van der Waals surface area contributed by atoms with Crippen molar-refractivity contribution < 1.29 is 4.42 Å². The van der Waals surface area contributed by atoms with Crippen LogP contribution in [0.15, 0.2) is 4.42 Å². The predicted octanol–water partition coefficient (Wildman–Crippen LogP) is 0.857. The van der Waals surface area contributed by atoms with Gasteiger partial charge in [0.25, 0.3) is 0 Å². The van der Waals surface area contributed by atoms with Gasteiger partial charge in [-0.25, -0.2) is 0 Å². The lowest BCUT2D eigenvalue weighted by molar-refractivity contribution is 0.486. The van der Waals surface area contributed by atoms with Crippen LogP contribution in [0.5, 0.6) is 0 Å². The second-order valence-corrected chi connectivity index (χ2v) is 3.31. The second kappa shape index (κ2) is 4.81. The number of hydrogen-bond donors (Lipinski definition) is 2. The van der Waals surface area contributed by atoms with Gasteiger partial charge >= 0.3 is 6.01 Å². The van der Waals surface area contributed by atoms with Crippen LogP contribution in [0.2, 0.25) is 0 Å². The summed E-state index contributed by atoms with van der Waals surface area (Å²) in [7, 11) is 1.84. The monoisotopic (exact) mass is 184 g/mol. The summed E-state index contributed by atoms with van der Waals surface area (Å²) >= 11 is 0. The van der Waals surface area contributed by atoms with Crippen LogP contribution in [0.4, 0.5) is 6.01 Å². The third-order valence-electron chi connectivity index (χ3n) is 1.46. The number of anilines is 1. The molecule has 0 saturated heterocycles. The molecule has 0 saturated carbocycles. The van der Waals surface area contributed by atoms with Crippen molar-refractivity contribution in [2.75, 3.05) is 18.9 Å². The summed E-state index contributed by atoms with van der Waals surface area (Å²) in [6, 6.07) is 0.499. The summed E-state index contributed by atoms with van der Waals surface area (Å²) in [5.74, 6) is 1.17. The molecular formula is C8H16N4O. The zero-order chi connectivity index (χ0) is 9.68. The fraction of sp³-hybridized carbons (Fsp3) is 0.750. The van der Waals surface area contributed by atoms with Gasteiger partial charge in [-0.2, -0.15) is 0 Å². The van der Waals surface area contributed by atoms with Crippen molar-refractivity contribution in [2.24, 2.45) is 5.92 Å². The summed E-state index contributed by atoms with van der Waals surface area (Å²) in [5, 5.41) is 13.7. The van der Waals surface area contributed by atoms with Crippen LogP contribution in [-0.2, 0) is 6.54 Å². The summed E-state index contributed by atoms with van der Waals surface area (Å²) < 4.78 is 5.28. The first-order valence-corrected chi connectivity index (χ1v) is 4.43. The van der Waals surface area contributed by atoms with Crippen LogP contribution in [0, 0.1) is 5.92 Å². The van der Waals surface area contributed by atoms with Gasteiger partial charge in [0, 0.05) is 6.54 Å². The normalized spacial score (nSPS) is 10.8. The molecular weight excluding hydrogens is 168 g/mol. The maximum absolute atomic E-state index is 5.28. The summed E-state index contributed by atoms with van der Waals surface area (Å²) in [6.07, 6.45) is 0. The molecule has 0 spiro atoms. The molecule has 5 nitrogen and oxygen atoms in total. The molecule has 1 aromatic heterocycles. The van der Waals surface area contributed by atoms with E-state index in [9.17, 15) is 0 Å². The van der Waals surface area contributed by atoms with Crippen molar-refractivity contribution in [2.45, 2.75) is 20.4 Å². The standard InChI is InChI=1S/C8H16N4O/c1-6(2)4-10-8-12-11-7(13-8)5-9-3/h6,9H,4-5H2,1-3H3,(H,10,12). The number of nitrogens with zero attached hydrogens (tertiary/aromatic N) is 2. The van der Waals surface area contributed by atoms with Crippen LogP contribution in [0.3, 0.4) is 0 Å². The molecule has 0 radical (unpaired) electrons. The van der Waals surface area contributed by atoms with Gasteiger partial charge < -0.3 is 15.1 Å². The van der Waals surface area contributed by atoms with E-state index in [0.717, 1.165) is 6.54 Å². The first-order chi connectivity index (χ1) is 6.22. The Hall–Kier alpha value is -1.10. The zero-order valence-electron chi connectivity index (χ0n) is 8.29. The Morgan fingerprint density at radius 3 is 2.77 bits per heavy atom. The van der Waals surface area contributed by atoms with Gasteiger partial charge in [-0.3, -0.25) is 0 Å². The van der Waals surface area contributed by atoms with Crippen molar-refractivity contribution in [1.29, 1.82) is 0 Å². The molecule has 1 aromatic rings. The average Bonchev–Trinajstić information content (AvgIpc) is 2.50. The zero-order valence-corrected chi connectivity index (χ0v) is 8.29. The van der Waals surface area contributed by atoms with Crippen molar-refractivity contribution in [3.8, 4) is 0 Å². The molecule has 0 amide bonds. The molecule has 2 N–H and O–H groups in total. The Morgan fingerprint density at radius 1 is 1.38 bits per heavy atom. The number of rotatable bonds is 5. The minimum atomic E-state index is 0.499. The van der Waals surface area contributed by atoms with Crippen LogP contribution in [0.1, 0.15) is 19.7 Å². The first kappa shape index (κ1) is 9.98. The van der Waals surface area contributed by atoms with Crippen LogP contribution in [0.25, 0.3) is 0 Å². The minimum Gasteiger partial charge on any atom is -0.407 e. The van der Waals surface area contributed by atoms with E-state index in [1.54, 1.807) is 0 Å². The maximum Gasteiger partial charge on any atom is 0.315 e. The number of aromatic nitrogens is 2. The van der Waals surface area contributed by atoms with Gasteiger partial charge in [0.1, 0.15) is 0 Å². The van der Waals surface area contributed by atoms with Gasteiger partial charge in [0.15, 0.2) is 0 Å². The largest absolute Gasteiger partial charge is 0.407 e. The SMILES string of the molecule is CNCc1nnc(NCC(C)C)o1. The van der Waals surface area contributed by atoms with Crippen molar-refractivity contribution in [1.82, 2.24) is 15.5 Å². The van der Waals surface area contributed by atoms with Crippen LogP contribution < -0.4 is 10.6 Å². The van der Waals surface area contributed by atoms with Gasteiger partial charge in [0.05, 0.1) is 6.54 Å². The molecule has 0 bridgehead atoms. The van der Waals surface area contributed by atoms with E-state index in [1.807, 2.05) is 7.05 Å². The Labute approximate surface area is 77.9 Å². The van der Waals surface area contributed by atoms with E-state index in [2.05, 4.69) is 34.7 Å². The molecule has 0 fully saturated rings. The molecule has 5 heteroatoms. The van der Waals surface area contributed by atoms with Crippen molar-refractivity contribution >= 4 is 6.01 Å². The maximum atomic E-state index is 5.28. The highest BCUT2D eigenvalue weighted by Crippen LogP contribution is 2.05. The van der Waals surface area contributed by atoms with Gasteiger partial charge in [-0.15, -0.1) is 5.10 Å². The highest BCUT2D eigenvalue weighted by atomic mass is 16.4. The molecule has 1 rings (SSSR count). The lowest BCUT2D eigenvalue weighted by atomic mass is 10.2. The average molecular weight is 184 g/mol. The van der Waals surface area contributed by atoms with Crippen molar-refractivity contribution in [3.05, 3.63) is 5.89 Å². The molecule has 0 aliphatic rings. The Morgan fingerprint density at radius 2 is 2.15 bits per heavy atom. The lowest BCUT2D eigenvalue weighted by Gasteiger charge is -2.02. The van der Waals surface area contributed by atoms with E-state index < -0.39 is 0 Å². The summed E-state index contributed by atoms with van der Waals surface area (Å²) in [4.78, 5) is 0. The topological polar surface area (TPSA) is 63.0 Å². The smallest absolute Gasteiger partial charge is 0.315 e. The quantitative estimate of drug-likeness (QED) is 0.710. The Kier molecular flexibility index (Phi) is 3.70. The van der Waals surface area contributed by atoms with Crippen LogP contribution in [-0.4, -0.2) is 23.8 Å². The summed E-state index contributed by atoms with van der Waals surface area (Å²) in [5.41, 5.74) is 0. The third-order valence-corrected chi connectivity index (χ3v) is 1.46. The molecule has 0 aromatic carbocycles. The minimum absolute atomic E-state index is 0.499. The highest BCUT2D eigenvalue weighted by molar-refractivity contribution is 5.16. The molecule has 0 aliphatic carbocycles. The van der Waals surface area contributed by atoms with E-state index in [-0.39, 0.29) is 0 Å². The van der Waals surface area contributed by atoms with Gasteiger partial charge in [-0.05, 0) is 13.0 Å². The second-order valence-electron chi connectivity index (χ2n) is 3.31. The van der Waals surface area contributed by atoms with E-state index in [0.29, 0.717) is 24.4 Å². The lowest BCUT2D eigenvalue weighted by Crippen LogP contribution is -2.08. The molecule has 74 valence electrons. The molecule has 1 heterocycles. The summed E-state index contributed by atoms with van der Waals surface area (Å²) in [6.45, 7) is 5.70. The fourth-order valence-corrected chi connectivity index (χ4v) is 0.839. The molecule has 0 atom stereocenters. The van der Waals surface area contributed by atoms with Crippen molar-refractivity contribution in [3.63, 3.8) is 0 Å². The first-order valence-electron chi connectivity index (χ1n) is 4.43. The van der Waals surface area contributed by atoms with E-state index in [1.165, 1.54) is 0 Å². The molecule has 0 unspecified atom stereocenters. The number of hydrogen-bond acceptors (Lipinski definition) is 5. The highest BCUT2D eigenvalue weighted by Gasteiger charge is 2.04. The molecule has 0 aliphatic heterocycles. The Bertz CT molecular complexity index is 246. The van der Waals surface area contributed by atoms with Gasteiger partial charge in [-0.1, -0.05) is 18.9 Å². The Balaban J connectivity index is 2.39. The van der Waals surface area contributed by atoms with E-state index >= 15 is 0 Å². The fourth-order valence-electron chi connectivity index (χ4n) is 0.839. The van der Waals surface area contributed by atoms with Gasteiger partial charge in [0.2, 0.25) is 5.89 Å². The third kappa shape index (κ3) is 3.42. The van der Waals surface area contributed by atoms with Crippen LogP contribution >= 0.6 is 0 Å². The molecule has 13 heavy (non-hydrogen) atoms. The number of nitrogens with one attached hydrogen (secondary N) is 2. The van der Waals surface area contributed by atoms with E-state index in [4.69, 9.17) is 4.42 Å². The predicted molar refractivity (Wildman–Crippen MR) is 50.4 cm³/mol.